The molecule has 3 aliphatic heterocycles. The van der Waals surface area contributed by atoms with Crippen molar-refractivity contribution < 1.29 is 57.9 Å². The molecule has 0 spiro atoms. The van der Waals surface area contributed by atoms with E-state index in [-0.39, 0.29) is 88.5 Å². The average Bonchev–Trinajstić information content (AvgIpc) is 4.07. The number of anilines is 1. The fourth-order valence-corrected chi connectivity index (χ4v) is 10.3. The molecule has 80 heavy (non-hydrogen) atoms. The summed E-state index contributed by atoms with van der Waals surface area (Å²) in [5.41, 5.74) is 6.81. The Labute approximate surface area is 471 Å². The van der Waals surface area contributed by atoms with Gasteiger partial charge in [-0.3, -0.25) is 33.8 Å². The number of nitrogens with one attached hydrogen (secondary N) is 5. The van der Waals surface area contributed by atoms with E-state index in [9.17, 15) is 34.2 Å². The van der Waals surface area contributed by atoms with Crippen LogP contribution in [0.4, 0.5) is 5.82 Å². The highest BCUT2D eigenvalue weighted by Gasteiger charge is 2.44. The Morgan fingerprint density at radius 3 is 2.11 bits per heavy atom. The number of rotatable bonds is 32. The van der Waals surface area contributed by atoms with Crippen molar-refractivity contribution in [3.05, 3.63) is 94.5 Å². The van der Waals surface area contributed by atoms with Crippen LogP contribution in [0.15, 0.2) is 66.4 Å². The molecule has 5 amide bonds. The Morgan fingerprint density at radius 2 is 1.45 bits per heavy atom. The zero-order valence-corrected chi connectivity index (χ0v) is 47.2. The molecular formula is C56H79N11O12S. The number of aliphatic hydroxyl groups is 2. The van der Waals surface area contributed by atoms with Gasteiger partial charge < -0.3 is 65.4 Å². The van der Waals surface area contributed by atoms with Gasteiger partial charge in [0.1, 0.15) is 43.1 Å². The minimum atomic E-state index is -0.978. The molecule has 436 valence electrons. The molecule has 2 fully saturated rings. The quantitative estimate of drug-likeness (QED) is 0.0338. The first-order valence-corrected chi connectivity index (χ1v) is 28.2. The Bertz CT molecular complexity index is 2620. The summed E-state index contributed by atoms with van der Waals surface area (Å²) >= 11 is 1.57. The third-order valence-electron chi connectivity index (χ3n) is 13.8. The van der Waals surface area contributed by atoms with E-state index < -0.39 is 41.5 Å². The van der Waals surface area contributed by atoms with Gasteiger partial charge in [-0.15, -0.1) is 11.3 Å². The number of aromatic nitrogens is 3. The summed E-state index contributed by atoms with van der Waals surface area (Å²) in [6.07, 6.45) is 0.779. The predicted octanol–water partition coefficient (Wildman–Crippen LogP) is 1.16. The maximum atomic E-state index is 13.9. The van der Waals surface area contributed by atoms with E-state index >= 15 is 0 Å². The highest BCUT2D eigenvalue weighted by atomic mass is 32.1. The van der Waals surface area contributed by atoms with Crippen LogP contribution in [0.5, 0.6) is 0 Å². The van der Waals surface area contributed by atoms with E-state index in [0.29, 0.717) is 58.5 Å². The van der Waals surface area contributed by atoms with Gasteiger partial charge in [0, 0.05) is 77.9 Å². The molecule has 7 rings (SSSR count). The van der Waals surface area contributed by atoms with Crippen molar-refractivity contribution in [2.75, 3.05) is 124 Å². The van der Waals surface area contributed by atoms with Gasteiger partial charge >= 0.3 is 0 Å². The van der Waals surface area contributed by atoms with Crippen LogP contribution in [-0.2, 0) is 62.4 Å². The topological polar surface area (TPSA) is 280 Å². The normalized spacial score (nSPS) is 17.5. The van der Waals surface area contributed by atoms with Gasteiger partial charge in [0.25, 0.3) is 5.91 Å². The van der Waals surface area contributed by atoms with Crippen LogP contribution in [0.25, 0.3) is 10.4 Å². The number of carbonyl (C=O) groups is 5. The molecule has 7 N–H and O–H groups in total. The van der Waals surface area contributed by atoms with E-state index in [1.165, 1.54) is 22.4 Å². The highest BCUT2D eigenvalue weighted by Crippen LogP contribution is 2.29. The van der Waals surface area contributed by atoms with Gasteiger partial charge in [0.15, 0.2) is 0 Å². The van der Waals surface area contributed by atoms with Crippen LogP contribution in [0.2, 0.25) is 0 Å². The van der Waals surface area contributed by atoms with E-state index in [1.54, 1.807) is 22.9 Å². The van der Waals surface area contributed by atoms with Gasteiger partial charge in [-0.2, -0.15) is 0 Å². The number of fused-ring (bicyclic) bond motifs is 1. The van der Waals surface area contributed by atoms with Crippen molar-refractivity contribution in [1.29, 1.82) is 0 Å². The molecule has 24 heteroatoms. The van der Waals surface area contributed by atoms with E-state index in [1.807, 2.05) is 64.1 Å². The number of benzene rings is 2. The maximum absolute atomic E-state index is 13.9. The first kappa shape index (κ1) is 61.6. The van der Waals surface area contributed by atoms with Crippen LogP contribution in [0.3, 0.4) is 0 Å². The Kier molecular flexibility index (Phi) is 24.0. The van der Waals surface area contributed by atoms with Crippen molar-refractivity contribution in [3.8, 4) is 10.4 Å². The summed E-state index contributed by atoms with van der Waals surface area (Å²) in [7, 11) is 0. The van der Waals surface area contributed by atoms with Crippen molar-refractivity contribution in [2.45, 2.75) is 84.0 Å². The lowest BCUT2D eigenvalue weighted by atomic mass is 9.85. The third kappa shape index (κ3) is 19.6. The molecule has 2 saturated heterocycles. The number of hydrogen-bond acceptors (Lipinski definition) is 19. The standard InChI is InChI=1S/C56H79N11O12S/c1-38-51(80-37-62-38)41-11-9-39(10-12-41)27-58-54(73)47-25-44(68)33-67(47)55(74)52(56(2,3)4)64-50(71)35-79-24-22-77-20-18-75-17-19-76-21-23-78-34-49(70)57-14-16-66-30-43(31-66)63-48-26-46(60-36-61-48)53(72)59-28-45(69)32-65-15-13-40-7-5-6-8-42(40)29-65/h5-12,26,36-37,43-45,47,52,68-69H,13-25,27-35H2,1-4H3,(H,57,70)(H,58,73)(H,59,72)(H,64,71)(H,60,61,63)/t44-,45+,47+,52-/m1/s1. The molecular weight excluding hydrogens is 1050 g/mol. The average molecular weight is 1130 g/mol. The minimum absolute atomic E-state index is 0.0275. The van der Waals surface area contributed by atoms with Gasteiger partial charge in [-0.25, -0.2) is 15.0 Å². The van der Waals surface area contributed by atoms with Crippen molar-refractivity contribution in [1.82, 2.24) is 50.9 Å². The van der Waals surface area contributed by atoms with Gasteiger partial charge in [0.2, 0.25) is 23.6 Å². The van der Waals surface area contributed by atoms with Crippen molar-refractivity contribution in [3.63, 3.8) is 0 Å². The number of thiazole rings is 1. The lowest BCUT2D eigenvalue weighted by molar-refractivity contribution is -0.144. The largest absolute Gasteiger partial charge is 0.391 e. The second-order valence-electron chi connectivity index (χ2n) is 21.2. The second-order valence-corrected chi connectivity index (χ2v) is 22.1. The second kappa shape index (κ2) is 31.2. The molecule has 2 aromatic carbocycles. The summed E-state index contributed by atoms with van der Waals surface area (Å²) in [4.78, 5) is 84.9. The molecule has 4 atom stereocenters. The van der Waals surface area contributed by atoms with Gasteiger partial charge in [0.05, 0.1) is 87.2 Å². The van der Waals surface area contributed by atoms with Crippen LogP contribution in [0.1, 0.15) is 60.1 Å². The van der Waals surface area contributed by atoms with E-state index in [4.69, 9.17) is 23.7 Å². The number of likely N-dealkylation sites (tertiary alicyclic amines) is 2. The third-order valence-corrected chi connectivity index (χ3v) is 14.8. The fraction of sp³-hybridized carbons (Fsp3) is 0.571. The maximum Gasteiger partial charge on any atom is 0.270 e. The van der Waals surface area contributed by atoms with Crippen molar-refractivity contribution in [2.24, 2.45) is 5.41 Å². The zero-order valence-electron chi connectivity index (χ0n) is 46.4. The number of aliphatic hydroxyl groups excluding tert-OH is 2. The van der Waals surface area contributed by atoms with Crippen LogP contribution in [0, 0.1) is 12.3 Å². The van der Waals surface area contributed by atoms with Crippen LogP contribution >= 0.6 is 11.3 Å². The summed E-state index contributed by atoms with van der Waals surface area (Å²) in [6.45, 7) is 14.3. The number of hydrogen-bond donors (Lipinski definition) is 7. The first-order chi connectivity index (χ1) is 38.6. The Hall–Kier alpha value is -6.06. The number of ether oxygens (including phenoxy) is 5. The number of nitrogens with zero attached hydrogens (tertiary/aromatic N) is 6. The summed E-state index contributed by atoms with van der Waals surface area (Å²) in [5.74, 6) is -1.39. The summed E-state index contributed by atoms with van der Waals surface area (Å²) < 4.78 is 27.5. The summed E-state index contributed by atoms with van der Waals surface area (Å²) in [6, 6.07) is 16.0. The van der Waals surface area contributed by atoms with Crippen LogP contribution in [-0.4, -0.2) is 218 Å². The Morgan fingerprint density at radius 1 is 0.787 bits per heavy atom. The first-order valence-electron chi connectivity index (χ1n) is 27.4. The molecule has 5 heterocycles. The minimum Gasteiger partial charge on any atom is -0.391 e. The molecule has 0 bridgehead atoms. The number of aryl methyl sites for hydroxylation is 1. The molecule has 0 aliphatic carbocycles. The summed E-state index contributed by atoms with van der Waals surface area (Å²) in [5, 5.41) is 35.8. The van der Waals surface area contributed by atoms with Crippen molar-refractivity contribution >= 4 is 46.7 Å². The molecule has 2 aromatic heterocycles. The zero-order chi connectivity index (χ0) is 56.9. The smallest absolute Gasteiger partial charge is 0.270 e. The molecule has 0 radical (unpaired) electrons. The monoisotopic (exact) mass is 1130 g/mol. The highest BCUT2D eigenvalue weighted by molar-refractivity contribution is 7.13. The number of carbonyl (C=O) groups excluding carboxylic acids is 5. The number of amides is 5. The van der Waals surface area contributed by atoms with Gasteiger partial charge in [-0.1, -0.05) is 69.3 Å². The molecule has 0 unspecified atom stereocenters. The molecule has 0 saturated carbocycles. The fourth-order valence-electron chi connectivity index (χ4n) is 9.48. The molecule has 23 nitrogen and oxygen atoms in total. The lowest BCUT2D eigenvalue weighted by Crippen LogP contribution is -2.58. The molecule has 3 aliphatic rings. The predicted molar refractivity (Wildman–Crippen MR) is 298 cm³/mol. The Balaban J connectivity index is 0.643. The lowest BCUT2D eigenvalue weighted by Gasteiger charge is -2.39. The van der Waals surface area contributed by atoms with E-state index in [0.717, 1.165) is 54.3 Å². The SMILES string of the molecule is Cc1ncsc1-c1ccc(CNC(=O)[C@@H]2C[C@@H](O)CN2C(=O)[C@@H](NC(=O)COCCOCCOCCOCCOCC(=O)NCCN2CC(Nc3cc(C(=O)NC[C@H](O)CN4CCc5ccccc5C4)ncn3)C2)C(C)(C)C)cc1. The van der Waals surface area contributed by atoms with Gasteiger partial charge in [-0.05, 0) is 41.0 Å². The van der Waals surface area contributed by atoms with Crippen LogP contribution < -0.4 is 26.6 Å². The molecule has 4 aromatic rings. The van der Waals surface area contributed by atoms with E-state index in [2.05, 4.69) is 63.5 Å². The number of β-amino-alcohol motifs (C(OH)–C–C–N with tert-alkyl or cyclic N) is 2.